The first kappa shape index (κ1) is 21.3. The number of thiocarbonyl (C=S) groups is 1. The minimum Gasteiger partial charge on any atom is -0.495 e. The molecule has 0 spiro atoms. The van der Waals surface area contributed by atoms with Gasteiger partial charge in [0.1, 0.15) is 11.5 Å². The average molecular weight is 454 g/mol. The van der Waals surface area contributed by atoms with E-state index in [0.29, 0.717) is 15.9 Å². The Balaban J connectivity index is 1.42. The molecule has 160 valence electrons. The predicted octanol–water partition coefficient (Wildman–Crippen LogP) is 5.66. The molecule has 0 unspecified atom stereocenters. The number of rotatable bonds is 5. The summed E-state index contributed by atoms with van der Waals surface area (Å²) < 4.78 is 11.5. The molecule has 0 aromatic heterocycles. The molecule has 0 atom stereocenters. The van der Waals surface area contributed by atoms with Crippen LogP contribution in [-0.4, -0.2) is 43.3 Å². The second-order valence-corrected chi connectivity index (χ2v) is 7.95. The van der Waals surface area contributed by atoms with Crippen LogP contribution in [0.5, 0.6) is 17.2 Å². The van der Waals surface area contributed by atoms with Crippen LogP contribution in [0.15, 0.2) is 72.8 Å². The molecular formula is C24H24ClN3O2S. The highest BCUT2D eigenvalue weighted by atomic mass is 35.5. The summed E-state index contributed by atoms with van der Waals surface area (Å²) in [6.07, 6.45) is 0. The first-order chi connectivity index (χ1) is 15.1. The lowest BCUT2D eigenvalue weighted by Crippen LogP contribution is -2.50. The number of anilines is 2. The molecule has 1 heterocycles. The normalized spacial score (nSPS) is 13.6. The molecule has 5 nitrogen and oxygen atoms in total. The van der Waals surface area contributed by atoms with Crippen LogP contribution in [0.25, 0.3) is 0 Å². The Morgan fingerprint density at radius 1 is 0.903 bits per heavy atom. The summed E-state index contributed by atoms with van der Waals surface area (Å²) >= 11 is 11.9. The maximum absolute atomic E-state index is 6.23. The van der Waals surface area contributed by atoms with Crippen LogP contribution < -0.4 is 19.7 Å². The molecule has 0 radical (unpaired) electrons. The number of nitrogens with one attached hydrogen (secondary N) is 1. The molecule has 0 bridgehead atoms. The molecule has 1 saturated heterocycles. The minimum absolute atomic E-state index is 0.617. The van der Waals surface area contributed by atoms with E-state index in [9.17, 15) is 0 Å². The second kappa shape index (κ2) is 9.90. The summed E-state index contributed by atoms with van der Waals surface area (Å²) in [5.41, 5.74) is 1.85. The van der Waals surface area contributed by atoms with E-state index in [2.05, 4.69) is 21.2 Å². The van der Waals surface area contributed by atoms with E-state index in [0.717, 1.165) is 49.1 Å². The summed E-state index contributed by atoms with van der Waals surface area (Å²) in [5.74, 6) is 2.31. The van der Waals surface area contributed by atoms with Crippen molar-refractivity contribution in [3.63, 3.8) is 0 Å². The van der Waals surface area contributed by atoms with Gasteiger partial charge in [-0.1, -0.05) is 41.9 Å². The van der Waals surface area contributed by atoms with E-state index in [1.54, 1.807) is 13.2 Å². The summed E-state index contributed by atoms with van der Waals surface area (Å²) in [6, 6.07) is 23.2. The van der Waals surface area contributed by atoms with Crippen LogP contribution >= 0.6 is 23.8 Å². The Hall–Kier alpha value is -2.96. The molecule has 3 aromatic rings. The van der Waals surface area contributed by atoms with Gasteiger partial charge < -0.3 is 24.6 Å². The Labute approximate surface area is 193 Å². The fraction of sp³-hybridized carbons (Fsp3) is 0.208. The molecule has 3 aromatic carbocycles. The largest absolute Gasteiger partial charge is 0.495 e. The van der Waals surface area contributed by atoms with Gasteiger partial charge in [0.25, 0.3) is 0 Å². The van der Waals surface area contributed by atoms with Crippen LogP contribution in [-0.2, 0) is 0 Å². The molecule has 0 aliphatic carbocycles. The highest BCUT2D eigenvalue weighted by molar-refractivity contribution is 7.80. The Bertz CT molecular complexity index is 1040. The van der Waals surface area contributed by atoms with Crippen LogP contribution in [0.3, 0.4) is 0 Å². The zero-order valence-electron chi connectivity index (χ0n) is 17.3. The van der Waals surface area contributed by atoms with Crippen molar-refractivity contribution in [1.82, 2.24) is 4.90 Å². The van der Waals surface area contributed by atoms with Crippen molar-refractivity contribution in [2.75, 3.05) is 43.5 Å². The maximum Gasteiger partial charge on any atom is 0.173 e. The first-order valence-corrected chi connectivity index (χ1v) is 10.9. The van der Waals surface area contributed by atoms with Gasteiger partial charge in [-0.3, -0.25) is 0 Å². The van der Waals surface area contributed by atoms with Crippen LogP contribution in [0.4, 0.5) is 11.4 Å². The summed E-state index contributed by atoms with van der Waals surface area (Å²) in [4.78, 5) is 4.48. The monoisotopic (exact) mass is 453 g/mol. The zero-order valence-corrected chi connectivity index (χ0v) is 18.8. The number of para-hydroxylation sites is 3. The molecule has 4 rings (SSSR count). The Kier molecular flexibility index (Phi) is 6.79. The summed E-state index contributed by atoms with van der Waals surface area (Å²) in [6.45, 7) is 3.31. The quantitative estimate of drug-likeness (QED) is 0.502. The molecule has 1 N–H and O–H groups in total. The standard InChI is InChI=1S/C24H24ClN3O2S/c1-29-23-10-6-5-9-21(23)27-13-15-28(16-14-27)24(31)26-20-17-18(25)11-12-22(20)30-19-7-3-2-4-8-19/h2-12,17H,13-16H2,1H3,(H,26,31). The number of nitrogens with zero attached hydrogens (tertiary/aromatic N) is 2. The van der Waals surface area contributed by atoms with Gasteiger partial charge in [0.2, 0.25) is 0 Å². The predicted molar refractivity (Wildman–Crippen MR) is 131 cm³/mol. The maximum atomic E-state index is 6.23. The summed E-state index contributed by atoms with van der Waals surface area (Å²) in [7, 11) is 1.70. The van der Waals surface area contributed by atoms with Crippen molar-refractivity contribution >= 4 is 40.3 Å². The smallest absolute Gasteiger partial charge is 0.173 e. The topological polar surface area (TPSA) is 37.0 Å². The molecule has 0 amide bonds. The van der Waals surface area contributed by atoms with Gasteiger partial charge in [0.05, 0.1) is 18.5 Å². The van der Waals surface area contributed by atoms with Gasteiger partial charge in [-0.25, -0.2) is 0 Å². The number of methoxy groups -OCH3 is 1. The van der Waals surface area contributed by atoms with Crippen molar-refractivity contribution in [3.05, 3.63) is 77.8 Å². The van der Waals surface area contributed by atoms with Crippen LogP contribution in [0.2, 0.25) is 5.02 Å². The average Bonchev–Trinajstić information content (AvgIpc) is 2.81. The van der Waals surface area contributed by atoms with Gasteiger partial charge in [0, 0.05) is 31.2 Å². The van der Waals surface area contributed by atoms with E-state index < -0.39 is 0 Å². The van der Waals surface area contributed by atoms with Crippen molar-refractivity contribution in [2.24, 2.45) is 0 Å². The number of piperazine rings is 1. The highest BCUT2D eigenvalue weighted by Crippen LogP contribution is 2.33. The van der Waals surface area contributed by atoms with Crippen molar-refractivity contribution in [2.45, 2.75) is 0 Å². The van der Waals surface area contributed by atoms with Crippen molar-refractivity contribution in [1.29, 1.82) is 0 Å². The third kappa shape index (κ3) is 5.21. The van der Waals surface area contributed by atoms with Crippen LogP contribution in [0, 0.1) is 0 Å². The first-order valence-electron chi connectivity index (χ1n) is 10.1. The van der Waals surface area contributed by atoms with Gasteiger partial charge in [-0.2, -0.15) is 0 Å². The van der Waals surface area contributed by atoms with E-state index in [1.165, 1.54) is 0 Å². The fourth-order valence-corrected chi connectivity index (χ4v) is 4.00. The van der Waals surface area contributed by atoms with Gasteiger partial charge in [-0.15, -0.1) is 0 Å². The van der Waals surface area contributed by atoms with Gasteiger partial charge in [-0.05, 0) is 54.7 Å². The van der Waals surface area contributed by atoms with Crippen LogP contribution in [0.1, 0.15) is 0 Å². The minimum atomic E-state index is 0.617. The lowest BCUT2D eigenvalue weighted by molar-refractivity contribution is 0.381. The van der Waals surface area contributed by atoms with Gasteiger partial charge in [0.15, 0.2) is 10.9 Å². The molecule has 1 aliphatic heterocycles. The third-order valence-corrected chi connectivity index (χ3v) is 5.74. The molecule has 1 fully saturated rings. The van der Waals surface area contributed by atoms with Gasteiger partial charge >= 0.3 is 0 Å². The highest BCUT2D eigenvalue weighted by Gasteiger charge is 2.22. The van der Waals surface area contributed by atoms with E-state index in [1.807, 2.05) is 60.7 Å². The van der Waals surface area contributed by atoms with E-state index in [-0.39, 0.29) is 0 Å². The number of benzene rings is 3. The lowest BCUT2D eigenvalue weighted by atomic mass is 10.2. The van der Waals surface area contributed by atoms with E-state index >= 15 is 0 Å². The molecule has 0 saturated carbocycles. The van der Waals surface area contributed by atoms with Crippen molar-refractivity contribution < 1.29 is 9.47 Å². The number of ether oxygens (including phenoxy) is 2. The third-order valence-electron chi connectivity index (χ3n) is 5.15. The SMILES string of the molecule is COc1ccccc1N1CCN(C(=S)Nc2cc(Cl)ccc2Oc2ccccc2)CC1. The molecule has 7 heteroatoms. The molecule has 1 aliphatic rings. The Morgan fingerprint density at radius 3 is 2.35 bits per heavy atom. The fourth-order valence-electron chi connectivity index (χ4n) is 3.54. The zero-order chi connectivity index (χ0) is 21.6. The summed E-state index contributed by atoms with van der Waals surface area (Å²) in [5, 5.41) is 4.59. The van der Waals surface area contributed by atoms with E-state index in [4.69, 9.17) is 33.3 Å². The lowest BCUT2D eigenvalue weighted by Gasteiger charge is -2.38. The molecular weight excluding hydrogens is 430 g/mol. The van der Waals surface area contributed by atoms with Crippen molar-refractivity contribution in [3.8, 4) is 17.2 Å². The number of hydrogen-bond acceptors (Lipinski definition) is 4. The number of halogens is 1. The molecule has 31 heavy (non-hydrogen) atoms. The Morgan fingerprint density at radius 2 is 1.61 bits per heavy atom. The second-order valence-electron chi connectivity index (χ2n) is 7.13. The number of hydrogen-bond donors (Lipinski definition) is 1.